The average Bonchev–Trinajstić information content (AvgIpc) is 2.65. The fourth-order valence-corrected chi connectivity index (χ4v) is 2.22. The molecule has 0 saturated heterocycles. The Morgan fingerprint density at radius 1 is 1.44 bits per heavy atom. The van der Waals surface area contributed by atoms with Gasteiger partial charge in [0.1, 0.15) is 5.69 Å². The van der Waals surface area contributed by atoms with Gasteiger partial charge in [0.05, 0.1) is 11.9 Å². The van der Waals surface area contributed by atoms with Gasteiger partial charge in [0.15, 0.2) is 0 Å². The largest absolute Gasteiger partial charge is 0.477 e. The van der Waals surface area contributed by atoms with Crippen molar-refractivity contribution in [2.24, 2.45) is 0 Å². The van der Waals surface area contributed by atoms with Crippen LogP contribution in [0.25, 0.3) is 0 Å². The molecule has 0 aliphatic heterocycles. The molecule has 4 heteroatoms. The molecule has 0 amide bonds. The quantitative estimate of drug-likeness (QED) is 0.821. The van der Waals surface area contributed by atoms with Crippen molar-refractivity contribution >= 4 is 11.7 Å². The van der Waals surface area contributed by atoms with E-state index in [0.29, 0.717) is 0 Å². The Kier molecular flexibility index (Phi) is 2.81. The van der Waals surface area contributed by atoms with Crippen LogP contribution in [0.4, 0.5) is 5.69 Å². The number of nitrogens with one attached hydrogen (secondary N) is 1. The molecule has 1 saturated carbocycles. The van der Waals surface area contributed by atoms with E-state index in [-0.39, 0.29) is 11.2 Å². The Balaban J connectivity index is 2.07. The molecule has 0 spiro atoms. The van der Waals surface area contributed by atoms with Crippen LogP contribution < -0.4 is 5.32 Å². The Labute approximate surface area is 94.7 Å². The van der Waals surface area contributed by atoms with Crippen LogP contribution in [0.5, 0.6) is 0 Å². The maximum Gasteiger partial charge on any atom is 0.354 e. The molecule has 0 bridgehead atoms. The van der Waals surface area contributed by atoms with Crippen LogP contribution in [-0.2, 0) is 0 Å². The Morgan fingerprint density at radius 2 is 2.12 bits per heavy atom. The van der Waals surface area contributed by atoms with Gasteiger partial charge in [0.2, 0.25) is 0 Å². The minimum absolute atomic E-state index is 0.0853. The monoisotopic (exact) mass is 220 g/mol. The van der Waals surface area contributed by atoms with Gasteiger partial charge in [-0.1, -0.05) is 12.8 Å². The van der Waals surface area contributed by atoms with E-state index in [0.717, 1.165) is 18.5 Å². The second-order valence-corrected chi connectivity index (χ2v) is 4.63. The fraction of sp³-hybridized carbons (Fsp3) is 0.500. The number of carboxylic acids is 1. The first-order valence-corrected chi connectivity index (χ1v) is 5.57. The van der Waals surface area contributed by atoms with Gasteiger partial charge in [-0.3, -0.25) is 0 Å². The van der Waals surface area contributed by atoms with E-state index in [1.54, 1.807) is 12.3 Å². The third-order valence-corrected chi connectivity index (χ3v) is 3.14. The van der Waals surface area contributed by atoms with E-state index in [2.05, 4.69) is 17.2 Å². The van der Waals surface area contributed by atoms with Crippen LogP contribution in [0, 0.1) is 0 Å². The third kappa shape index (κ3) is 2.32. The summed E-state index contributed by atoms with van der Waals surface area (Å²) in [6.07, 6.45) is 6.42. The van der Waals surface area contributed by atoms with Crippen molar-refractivity contribution in [3.8, 4) is 0 Å². The minimum Gasteiger partial charge on any atom is -0.477 e. The highest BCUT2D eigenvalue weighted by atomic mass is 16.4. The molecule has 1 fully saturated rings. The van der Waals surface area contributed by atoms with Crippen LogP contribution in [0.15, 0.2) is 18.3 Å². The molecule has 86 valence electrons. The maximum absolute atomic E-state index is 10.6. The Bertz CT molecular complexity index is 381. The smallest absolute Gasteiger partial charge is 0.354 e. The van der Waals surface area contributed by atoms with Crippen molar-refractivity contribution in [1.29, 1.82) is 0 Å². The minimum atomic E-state index is -0.987. The number of pyridine rings is 1. The number of carboxylic acid groups (broad SMARTS) is 1. The first-order chi connectivity index (χ1) is 7.59. The van der Waals surface area contributed by atoms with E-state index < -0.39 is 5.97 Å². The normalized spacial score (nSPS) is 18.3. The second kappa shape index (κ2) is 4.12. The maximum atomic E-state index is 10.6. The summed E-state index contributed by atoms with van der Waals surface area (Å²) in [6.45, 7) is 2.20. The number of carbonyl (C=O) groups is 1. The van der Waals surface area contributed by atoms with Gasteiger partial charge in [0, 0.05) is 5.54 Å². The summed E-state index contributed by atoms with van der Waals surface area (Å²) in [7, 11) is 0. The molecule has 0 aromatic carbocycles. The fourth-order valence-electron chi connectivity index (χ4n) is 2.22. The zero-order valence-corrected chi connectivity index (χ0v) is 9.36. The zero-order valence-electron chi connectivity index (χ0n) is 9.36. The molecule has 0 radical (unpaired) electrons. The summed E-state index contributed by atoms with van der Waals surface area (Å²) in [5, 5.41) is 12.2. The Morgan fingerprint density at radius 3 is 2.62 bits per heavy atom. The Hall–Kier alpha value is -1.58. The molecule has 2 rings (SSSR count). The van der Waals surface area contributed by atoms with Gasteiger partial charge in [-0.25, -0.2) is 9.78 Å². The van der Waals surface area contributed by atoms with Crippen molar-refractivity contribution in [3.63, 3.8) is 0 Å². The predicted molar refractivity (Wildman–Crippen MR) is 61.7 cm³/mol. The van der Waals surface area contributed by atoms with E-state index in [1.165, 1.54) is 18.9 Å². The van der Waals surface area contributed by atoms with Crippen LogP contribution in [0.2, 0.25) is 0 Å². The predicted octanol–water partition coefficient (Wildman–Crippen LogP) is 2.52. The highest BCUT2D eigenvalue weighted by Gasteiger charge is 2.28. The molecule has 1 aliphatic rings. The molecule has 1 heterocycles. The van der Waals surface area contributed by atoms with E-state index in [1.807, 2.05) is 0 Å². The third-order valence-electron chi connectivity index (χ3n) is 3.14. The first-order valence-electron chi connectivity index (χ1n) is 5.57. The molecule has 1 aromatic rings. The number of aromatic carboxylic acids is 1. The molecule has 0 atom stereocenters. The van der Waals surface area contributed by atoms with Gasteiger partial charge in [-0.2, -0.15) is 0 Å². The molecule has 2 N–H and O–H groups in total. The van der Waals surface area contributed by atoms with E-state index >= 15 is 0 Å². The van der Waals surface area contributed by atoms with E-state index in [9.17, 15) is 4.79 Å². The molecule has 1 aromatic heterocycles. The summed E-state index contributed by atoms with van der Waals surface area (Å²) in [6, 6.07) is 3.31. The lowest BCUT2D eigenvalue weighted by Gasteiger charge is -2.26. The van der Waals surface area contributed by atoms with Gasteiger partial charge in [-0.15, -0.1) is 0 Å². The summed E-state index contributed by atoms with van der Waals surface area (Å²) in [5.74, 6) is -0.987. The van der Waals surface area contributed by atoms with Gasteiger partial charge in [0.25, 0.3) is 0 Å². The van der Waals surface area contributed by atoms with Crippen molar-refractivity contribution in [2.45, 2.75) is 38.1 Å². The van der Waals surface area contributed by atoms with Crippen LogP contribution >= 0.6 is 0 Å². The summed E-state index contributed by atoms with van der Waals surface area (Å²) in [4.78, 5) is 14.5. The summed E-state index contributed by atoms with van der Waals surface area (Å²) >= 11 is 0. The highest BCUT2D eigenvalue weighted by Crippen LogP contribution is 2.32. The molecule has 1 aliphatic carbocycles. The molecular weight excluding hydrogens is 204 g/mol. The topological polar surface area (TPSA) is 62.2 Å². The van der Waals surface area contributed by atoms with Crippen LogP contribution in [0.3, 0.4) is 0 Å². The standard InChI is InChI=1S/C12H16N2O2/c1-12(6-2-3-7-12)14-9-4-5-10(11(15)16)13-8-9/h4-5,8,14H,2-3,6-7H2,1H3,(H,15,16). The van der Waals surface area contributed by atoms with Crippen molar-refractivity contribution in [3.05, 3.63) is 24.0 Å². The molecular formula is C12H16N2O2. The zero-order chi connectivity index (χ0) is 11.6. The summed E-state index contributed by atoms with van der Waals surface area (Å²) in [5.41, 5.74) is 1.13. The number of anilines is 1. The van der Waals surface area contributed by atoms with Crippen molar-refractivity contribution in [2.75, 3.05) is 5.32 Å². The number of nitrogens with zero attached hydrogens (tertiary/aromatic N) is 1. The van der Waals surface area contributed by atoms with Gasteiger partial charge < -0.3 is 10.4 Å². The molecule has 4 nitrogen and oxygen atoms in total. The SMILES string of the molecule is CC1(Nc2ccc(C(=O)O)nc2)CCCC1. The molecule has 0 unspecified atom stereocenters. The second-order valence-electron chi connectivity index (χ2n) is 4.63. The van der Waals surface area contributed by atoms with Gasteiger partial charge >= 0.3 is 5.97 Å². The summed E-state index contributed by atoms with van der Waals surface area (Å²) < 4.78 is 0. The first kappa shape index (κ1) is 10.9. The van der Waals surface area contributed by atoms with Crippen LogP contribution in [-0.4, -0.2) is 21.6 Å². The number of aromatic nitrogens is 1. The number of rotatable bonds is 3. The highest BCUT2D eigenvalue weighted by molar-refractivity contribution is 5.85. The van der Waals surface area contributed by atoms with Crippen molar-refractivity contribution < 1.29 is 9.90 Å². The van der Waals surface area contributed by atoms with Gasteiger partial charge in [-0.05, 0) is 31.9 Å². The van der Waals surface area contributed by atoms with E-state index in [4.69, 9.17) is 5.11 Å². The lowest BCUT2D eigenvalue weighted by molar-refractivity contribution is 0.0690. The lowest BCUT2D eigenvalue weighted by Crippen LogP contribution is -2.30. The van der Waals surface area contributed by atoms with Crippen molar-refractivity contribution in [1.82, 2.24) is 4.98 Å². The molecule has 16 heavy (non-hydrogen) atoms. The average molecular weight is 220 g/mol. The van der Waals surface area contributed by atoms with Crippen LogP contribution in [0.1, 0.15) is 43.1 Å². The number of hydrogen-bond donors (Lipinski definition) is 2. The number of hydrogen-bond acceptors (Lipinski definition) is 3. The lowest BCUT2D eigenvalue weighted by atomic mass is 10.0.